The number of benzene rings is 1. The Morgan fingerprint density at radius 2 is 1.94 bits per heavy atom. The zero-order valence-corrected chi connectivity index (χ0v) is 10.2. The molecule has 1 heterocycles. The molecule has 1 aliphatic rings. The van der Waals surface area contributed by atoms with Gasteiger partial charge in [0.25, 0.3) is 0 Å². The van der Waals surface area contributed by atoms with E-state index in [0.717, 1.165) is 6.42 Å². The van der Waals surface area contributed by atoms with Crippen molar-refractivity contribution < 1.29 is 23.7 Å². The Labute approximate surface area is 100 Å². The minimum Gasteiger partial charge on any atom is -0.490 e. The molecule has 5 heteroatoms. The van der Waals surface area contributed by atoms with Crippen molar-refractivity contribution in [2.75, 3.05) is 27.6 Å². The van der Waals surface area contributed by atoms with Gasteiger partial charge in [-0.1, -0.05) is 6.92 Å². The van der Waals surface area contributed by atoms with Crippen molar-refractivity contribution >= 4 is 0 Å². The zero-order chi connectivity index (χ0) is 12.3. The van der Waals surface area contributed by atoms with Crippen LogP contribution in [0.4, 0.5) is 0 Å². The Hall–Kier alpha value is -1.78. The van der Waals surface area contributed by atoms with Gasteiger partial charge in [0.15, 0.2) is 11.5 Å². The lowest BCUT2D eigenvalue weighted by Gasteiger charge is -2.14. The van der Waals surface area contributed by atoms with Gasteiger partial charge in [-0.25, -0.2) is 0 Å². The summed E-state index contributed by atoms with van der Waals surface area (Å²) < 4.78 is 26.9. The normalized spacial score (nSPS) is 12.4. The number of hydrogen-bond acceptors (Lipinski definition) is 5. The SMILES string of the molecule is CCCOc1cc2c(c(OC)c1OC)OCO2. The predicted octanol–water partition coefficient (Wildman–Crippen LogP) is 2.22. The molecule has 2 rings (SSSR count). The minimum atomic E-state index is 0.187. The first kappa shape index (κ1) is 11.7. The van der Waals surface area contributed by atoms with Crippen molar-refractivity contribution in [1.82, 2.24) is 0 Å². The van der Waals surface area contributed by atoms with E-state index in [0.29, 0.717) is 35.4 Å². The topological polar surface area (TPSA) is 46.2 Å². The summed E-state index contributed by atoms with van der Waals surface area (Å²) in [4.78, 5) is 0. The molecule has 94 valence electrons. The zero-order valence-electron chi connectivity index (χ0n) is 10.2. The molecule has 17 heavy (non-hydrogen) atoms. The second-order valence-corrected chi connectivity index (χ2v) is 3.52. The van der Waals surface area contributed by atoms with Gasteiger partial charge < -0.3 is 23.7 Å². The van der Waals surface area contributed by atoms with E-state index in [4.69, 9.17) is 23.7 Å². The van der Waals surface area contributed by atoms with Crippen molar-refractivity contribution in [2.45, 2.75) is 13.3 Å². The first-order chi connectivity index (χ1) is 8.31. The molecular formula is C12H16O5. The van der Waals surface area contributed by atoms with Crippen LogP contribution in [-0.4, -0.2) is 27.6 Å². The summed E-state index contributed by atoms with van der Waals surface area (Å²) in [5.41, 5.74) is 0. The van der Waals surface area contributed by atoms with Gasteiger partial charge in [-0.15, -0.1) is 0 Å². The van der Waals surface area contributed by atoms with Crippen LogP contribution in [0.1, 0.15) is 13.3 Å². The minimum absolute atomic E-state index is 0.187. The summed E-state index contributed by atoms with van der Waals surface area (Å²) in [6.07, 6.45) is 0.917. The third-order valence-electron chi connectivity index (χ3n) is 2.41. The third kappa shape index (κ3) is 2.05. The van der Waals surface area contributed by atoms with Crippen LogP contribution in [-0.2, 0) is 0 Å². The average molecular weight is 240 g/mol. The Balaban J connectivity index is 2.44. The third-order valence-corrected chi connectivity index (χ3v) is 2.41. The predicted molar refractivity (Wildman–Crippen MR) is 61.5 cm³/mol. The Bertz CT molecular complexity index is 402. The van der Waals surface area contributed by atoms with Gasteiger partial charge in [-0.2, -0.15) is 0 Å². The molecule has 0 radical (unpaired) electrons. The second-order valence-electron chi connectivity index (χ2n) is 3.52. The molecular weight excluding hydrogens is 224 g/mol. The molecule has 0 unspecified atom stereocenters. The number of methoxy groups -OCH3 is 2. The number of hydrogen-bond donors (Lipinski definition) is 0. The molecule has 0 aromatic heterocycles. The van der Waals surface area contributed by atoms with Gasteiger partial charge >= 0.3 is 0 Å². The van der Waals surface area contributed by atoms with Gasteiger partial charge in [-0.3, -0.25) is 0 Å². The summed E-state index contributed by atoms with van der Waals surface area (Å²) in [7, 11) is 3.13. The molecule has 0 aliphatic carbocycles. The van der Waals surface area contributed by atoms with E-state index in [1.54, 1.807) is 20.3 Å². The summed E-state index contributed by atoms with van der Waals surface area (Å²) in [6, 6.07) is 1.76. The van der Waals surface area contributed by atoms with E-state index in [1.807, 2.05) is 6.92 Å². The smallest absolute Gasteiger partial charge is 0.231 e. The first-order valence-corrected chi connectivity index (χ1v) is 5.49. The van der Waals surface area contributed by atoms with Gasteiger partial charge in [0.1, 0.15) is 0 Å². The summed E-state index contributed by atoms with van der Waals surface area (Å²) in [6.45, 7) is 2.84. The molecule has 0 spiro atoms. The van der Waals surface area contributed by atoms with Crippen molar-refractivity contribution in [3.05, 3.63) is 6.07 Å². The van der Waals surface area contributed by atoms with Gasteiger partial charge in [-0.05, 0) is 6.42 Å². The maximum atomic E-state index is 5.60. The Morgan fingerprint density at radius 3 is 2.59 bits per heavy atom. The molecule has 5 nitrogen and oxygen atoms in total. The molecule has 1 aromatic rings. The number of ether oxygens (including phenoxy) is 5. The lowest BCUT2D eigenvalue weighted by Crippen LogP contribution is -2.00. The van der Waals surface area contributed by atoms with E-state index >= 15 is 0 Å². The Kier molecular flexibility index (Phi) is 3.46. The fourth-order valence-corrected chi connectivity index (χ4v) is 1.67. The number of fused-ring (bicyclic) bond motifs is 1. The van der Waals surface area contributed by atoms with E-state index in [2.05, 4.69) is 0 Å². The first-order valence-electron chi connectivity index (χ1n) is 5.49. The molecule has 0 bridgehead atoms. The lowest BCUT2D eigenvalue weighted by atomic mass is 10.2. The van der Waals surface area contributed by atoms with Crippen molar-refractivity contribution in [1.29, 1.82) is 0 Å². The van der Waals surface area contributed by atoms with Crippen LogP contribution >= 0.6 is 0 Å². The van der Waals surface area contributed by atoms with E-state index in [1.165, 1.54) is 0 Å². The highest BCUT2D eigenvalue weighted by atomic mass is 16.7. The van der Waals surface area contributed by atoms with Crippen LogP contribution in [0.2, 0.25) is 0 Å². The van der Waals surface area contributed by atoms with Crippen LogP contribution in [0.25, 0.3) is 0 Å². The lowest BCUT2D eigenvalue weighted by molar-refractivity contribution is 0.170. The molecule has 0 amide bonds. The monoisotopic (exact) mass is 240 g/mol. The summed E-state index contributed by atoms with van der Waals surface area (Å²) in [5, 5.41) is 0. The van der Waals surface area contributed by atoms with Crippen LogP contribution in [0, 0.1) is 0 Å². The largest absolute Gasteiger partial charge is 0.490 e. The van der Waals surface area contributed by atoms with Crippen LogP contribution in [0.5, 0.6) is 28.7 Å². The molecule has 0 N–H and O–H groups in total. The number of rotatable bonds is 5. The highest BCUT2D eigenvalue weighted by Crippen LogP contribution is 2.52. The maximum absolute atomic E-state index is 5.60. The maximum Gasteiger partial charge on any atom is 0.231 e. The van der Waals surface area contributed by atoms with Crippen LogP contribution < -0.4 is 23.7 Å². The Morgan fingerprint density at radius 1 is 1.18 bits per heavy atom. The highest BCUT2D eigenvalue weighted by Gasteiger charge is 2.26. The van der Waals surface area contributed by atoms with Crippen LogP contribution in [0.15, 0.2) is 6.07 Å². The van der Waals surface area contributed by atoms with Crippen molar-refractivity contribution in [3.8, 4) is 28.7 Å². The van der Waals surface area contributed by atoms with Gasteiger partial charge in [0.2, 0.25) is 24.0 Å². The molecule has 0 saturated heterocycles. The standard InChI is InChI=1S/C12H16O5/c1-4-5-15-8-6-9-11(17-7-16-9)12(14-3)10(8)13-2/h6H,4-5,7H2,1-3H3. The fourth-order valence-electron chi connectivity index (χ4n) is 1.67. The van der Waals surface area contributed by atoms with E-state index in [-0.39, 0.29) is 6.79 Å². The summed E-state index contributed by atoms with van der Waals surface area (Å²) in [5.74, 6) is 2.83. The van der Waals surface area contributed by atoms with Gasteiger partial charge in [0.05, 0.1) is 20.8 Å². The summed E-state index contributed by atoms with van der Waals surface area (Å²) >= 11 is 0. The van der Waals surface area contributed by atoms with Crippen molar-refractivity contribution in [3.63, 3.8) is 0 Å². The molecule has 1 aliphatic heterocycles. The molecule has 0 saturated carbocycles. The van der Waals surface area contributed by atoms with Gasteiger partial charge in [0, 0.05) is 6.07 Å². The van der Waals surface area contributed by atoms with E-state index in [9.17, 15) is 0 Å². The molecule has 0 fully saturated rings. The fraction of sp³-hybridized carbons (Fsp3) is 0.500. The van der Waals surface area contributed by atoms with Crippen molar-refractivity contribution in [2.24, 2.45) is 0 Å². The highest BCUT2D eigenvalue weighted by molar-refractivity contribution is 5.66. The second kappa shape index (κ2) is 5.03. The molecule has 1 aromatic carbocycles. The average Bonchev–Trinajstić information content (AvgIpc) is 2.81. The quantitative estimate of drug-likeness (QED) is 0.789. The van der Waals surface area contributed by atoms with E-state index < -0.39 is 0 Å². The van der Waals surface area contributed by atoms with Crippen LogP contribution in [0.3, 0.4) is 0 Å². The molecule has 0 atom stereocenters.